The monoisotopic (exact) mass is 262 g/mol. The predicted molar refractivity (Wildman–Crippen MR) is 75.0 cm³/mol. The number of thiazole rings is 1. The van der Waals surface area contributed by atoms with Gasteiger partial charge in [0.2, 0.25) is 0 Å². The molecular formula is C14H18N2OS. The van der Waals surface area contributed by atoms with Gasteiger partial charge in [0.1, 0.15) is 12.4 Å². The van der Waals surface area contributed by atoms with Crippen molar-refractivity contribution < 1.29 is 4.74 Å². The van der Waals surface area contributed by atoms with Crippen molar-refractivity contribution in [2.75, 3.05) is 6.54 Å². The summed E-state index contributed by atoms with van der Waals surface area (Å²) in [5, 5.41) is 5.40. The number of benzene rings is 1. The number of nitrogens with zero attached hydrogens (tertiary/aromatic N) is 1. The molecule has 1 atom stereocenters. The van der Waals surface area contributed by atoms with Crippen LogP contribution < -0.4 is 10.1 Å². The highest BCUT2D eigenvalue weighted by Crippen LogP contribution is 2.19. The molecule has 3 nitrogen and oxygen atoms in total. The average Bonchev–Trinajstić information content (AvgIpc) is 2.90. The van der Waals surface area contributed by atoms with Crippen LogP contribution in [0.4, 0.5) is 0 Å². The van der Waals surface area contributed by atoms with Crippen LogP contribution in [0.2, 0.25) is 0 Å². The minimum Gasteiger partial charge on any atom is -0.487 e. The molecule has 4 heteroatoms. The quantitative estimate of drug-likeness (QED) is 0.866. The Kier molecular flexibility index (Phi) is 4.73. The summed E-state index contributed by atoms with van der Waals surface area (Å²) in [5.74, 6) is 0.894. The SMILES string of the molecule is CCNC(C)c1cccc(OCc2cscn2)c1. The Morgan fingerprint density at radius 2 is 2.33 bits per heavy atom. The van der Waals surface area contributed by atoms with Crippen molar-refractivity contribution in [1.29, 1.82) is 0 Å². The van der Waals surface area contributed by atoms with Gasteiger partial charge >= 0.3 is 0 Å². The molecule has 1 aromatic heterocycles. The standard InChI is InChI=1S/C14H18N2OS/c1-3-15-11(2)12-5-4-6-14(7-12)17-8-13-9-18-10-16-13/h4-7,9-11,15H,3,8H2,1-2H3. The van der Waals surface area contributed by atoms with E-state index in [2.05, 4.69) is 36.3 Å². The normalized spacial score (nSPS) is 12.3. The van der Waals surface area contributed by atoms with Gasteiger partial charge in [-0.05, 0) is 31.2 Å². The first-order valence-electron chi connectivity index (χ1n) is 6.12. The van der Waals surface area contributed by atoms with E-state index in [1.54, 1.807) is 11.3 Å². The second kappa shape index (κ2) is 6.52. The Hall–Kier alpha value is -1.39. The number of hydrogen-bond acceptors (Lipinski definition) is 4. The minimum atomic E-state index is 0.345. The number of ether oxygens (including phenoxy) is 1. The van der Waals surface area contributed by atoms with Gasteiger partial charge in [-0.1, -0.05) is 19.1 Å². The Labute approximate surface area is 112 Å². The fourth-order valence-electron chi connectivity index (χ4n) is 1.76. The highest BCUT2D eigenvalue weighted by atomic mass is 32.1. The van der Waals surface area contributed by atoms with Crippen LogP contribution in [-0.2, 0) is 6.61 Å². The van der Waals surface area contributed by atoms with Crippen LogP contribution in [0.5, 0.6) is 5.75 Å². The molecule has 0 aliphatic rings. The molecule has 0 fully saturated rings. The zero-order chi connectivity index (χ0) is 12.8. The smallest absolute Gasteiger partial charge is 0.131 e. The van der Waals surface area contributed by atoms with Crippen molar-refractivity contribution in [2.24, 2.45) is 0 Å². The molecule has 0 saturated carbocycles. The molecule has 1 N–H and O–H groups in total. The highest BCUT2D eigenvalue weighted by Gasteiger charge is 2.05. The van der Waals surface area contributed by atoms with Crippen molar-refractivity contribution in [3.8, 4) is 5.75 Å². The van der Waals surface area contributed by atoms with E-state index < -0.39 is 0 Å². The van der Waals surface area contributed by atoms with Gasteiger partial charge in [0.05, 0.1) is 11.2 Å². The number of hydrogen-bond donors (Lipinski definition) is 1. The number of rotatable bonds is 6. The third-order valence-corrected chi connectivity index (χ3v) is 3.37. The first-order chi connectivity index (χ1) is 8.79. The van der Waals surface area contributed by atoms with Gasteiger partial charge < -0.3 is 10.1 Å². The maximum atomic E-state index is 5.74. The van der Waals surface area contributed by atoms with Crippen LogP contribution in [0.15, 0.2) is 35.2 Å². The molecule has 18 heavy (non-hydrogen) atoms. The number of nitrogens with one attached hydrogen (secondary N) is 1. The number of aromatic nitrogens is 1. The van der Waals surface area contributed by atoms with Gasteiger partial charge in [-0.15, -0.1) is 11.3 Å². The van der Waals surface area contributed by atoms with E-state index in [0.717, 1.165) is 18.0 Å². The van der Waals surface area contributed by atoms with Crippen molar-refractivity contribution in [3.05, 3.63) is 46.4 Å². The maximum Gasteiger partial charge on any atom is 0.131 e. The third-order valence-electron chi connectivity index (χ3n) is 2.74. The van der Waals surface area contributed by atoms with Crippen LogP contribution in [-0.4, -0.2) is 11.5 Å². The molecule has 0 radical (unpaired) electrons. The first kappa shape index (κ1) is 13.1. The fraction of sp³-hybridized carbons (Fsp3) is 0.357. The van der Waals surface area contributed by atoms with Crippen LogP contribution in [0.25, 0.3) is 0 Å². The molecule has 1 aromatic carbocycles. The summed E-state index contributed by atoms with van der Waals surface area (Å²) < 4.78 is 5.74. The van der Waals surface area contributed by atoms with E-state index in [-0.39, 0.29) is 0 Å². The molecule has 0 spiro atoms. The molecule has 0 bridgehead atoms. The van der Waals surface area contributed by atoms with Gasteiger partial charge in [-0.25, -0.2) is 4.98 Å². The largest absolute Gasteiger partial charge is 0.487 e. The average molecular weight is 262 g/mol. The van der Waals surface area contributed by atoms with Gasteiger partial charge in [0.25, 0.3) is 0 Å². The van der Waals surface area contributed by atoms with E-state index in [1.165, 1.54) is 5.56 Å². The summed E-state index contributed by atoms with van der Waals surface area (Å²) in [7, 11) is 0. The lowest BCUT2D eigenvalue weighted by atomic mass is 10.1. The van der Waals surface area contributed by atoms with E-state index in [4.69, 9.17) is 4.74 Å². The van der Waals surface area contributed by atoms with Crippen molar-refractivity contribution in [1.82, 2.24) is 10.3 Å². The van der Waals surface area contributed by atoms with Crippen molar-refractivity contribution in [2.45, 2.75) is 26.5 Å². The first-order valence-corrected chi connectivity index (χ1v) is 7.07. The molecule has 1 heterocycles. The molecule has 2 aromatic rings. The molecule has 0 saturated heterocycles. The van der Waals surface area contributed by atoms with Crippen molar-refractivity contribution >= 4 is 11.3 Å². The topological polar surface area (TPSA) is 34.1 Å². The van der Waals surface area contributed by atoms with Crippen LogP contribution in [0, 0.1) is 0 Å². The van der Waals surface area contributed by atoms with Crippen LogP contribution in [0.3, 0.4) is 0 Å². The molecular weight excluding hydrogens is 244 g/mol. The van der Waals surface area contributed by atoms with E-state index in [0.29, 0.717) is 12.6 Å². The van der Waals surface area contributed by atoms with Gasteiger partial charge in [-0.3, -0.25) is 0 Å². The zero-order valence-electron chi connectivity index (χ0n) is 10.7. The van der Waals surface area contributed by atoms with E-state index in [1.807, 2.05) is 23.0 Å². The summed E-state index contributed by atoms with van der Waals surface area (Å²) in [4.78, 5) is 4.20. The zero-order valence-corrected chi connectivity index (χ0v) is 11.5. The molecule has 1 unspecified atom stereocenters. The van der Waals surface area contributed by atoms with Gasteiger partial charge in [-0.2, -0.15) is 0 Å². The van der Waals surface area contributed by atoms with E-state index >= 15 is 0 Å². The summed E-state index contributed by atoms with van der Waals surface area (Å²) in [6, 6.07) is 8.55. The van der Waals surface area contributed by atoms with Crippen LogP contribution >= 0.6 is 11.3 Å². The Morgan fingerprint density at radius 1 is 1.44 bits per heavy atom. The van der Waals surface area contributed by atoms with Crippen LogP contribution in [0.1, 0.15) is 31.1 Å². The molecule has 0 aliphatic carbocycles. The lowest BCUT2D eigenvalue weighted by Gasteiger charge is -2.14. The Morgan fingerprint density at radius 3 is 3.06 bits per heavy atom. The predicted octanol–water partition coefficient (Wildman–Crippen LogP) is 3.39. The second-order valence-corrected chi connectivity index (χ2v) is 4.84. The third kappa shape index (κ3) is 3.55. The van der Waals surface area contributed by atoms with Gasteiger partial charge in [0.15, 0.2) is 0 Å². The fourth-order valence-corrected chi connectivity index (χ4v) is 2.31. The minimum absolute atomic E-state index is 0.345. The Balaban J connectivity index is 1.98. The highest BCUT2D eigenvalue weighted by molar-refractivity contribution is 7.07. The second-order valence-electron chi connectivity index (χ2n) is 4.12. The summed E-state index contributed by atoms with van der Waals surface area (Å²) in [6.45, 7) is 5.76. The summed E-state index contributed by atoms with van der Waals surface area (Å²) >= 11 is 1.59. The van der Waals surface area contributed by atoms with Gasteiger partial charge in [0, 0.05) is 11.4 Å². The lowest BCUT2D eigenvalue weighted by Crippen LogP contribution is -2.17. The lowest BCUT2D eigenvalue weighted by molar-refractivity contribution is 0.301. The summed E-state index contributed by atoms with van der Waals surface area (Å²) in [5.41, 5.74) is 4.04. The molecule has 0 aliphatic heterocycles. The van der Waals surface area contributed by atoms with Crippen molar-refractivity contribution in [3.63, 3.8) is 0 Å². The maximum absolute atomic E-state index is 5.74. The molecule has 96 valence electrons. The summed E-state index contributed by atoms with van der Waals surface area (Å²) in [6.07, 6.45) is 0. The molecule has 0 amide bonds. The molecule has 2 rings (SSSR count). The van der Waals surface area contributed by atoms with E-state index in [9.17, 15) is 0 Å². The Bertz CT molecular complexity index is 470.